The molecule has 0 bridgehead atoms. The number of para-hydroxylation sites is 1. The molecule has 0 aromatic heterocycles. The van der Waals surface area contributed by atoms with E-state index in [4.69, 9.17) is 0 Å². The molecule has 0 spiro atoms. The lowest BCUT2D eigenvalue weighted by molar-refractivity contribution is 0.316. The molecule has 0 aliphatic rings. The third kappa shape index (κ3) is 3.48. The summed E-state index contributed by atoms with van der Waals surface area (Å²) < 4.78 is 0. The van der Waals surface area contributed by atoms with E-state index in [9.17, 15) is 0 Å². The molecule has 0 radical (unpaired) electrons. The summed E-state index contributed by atoms with van der Waals surface area (Å²) in [6.45, 7) is 7.86. The van der Waals surface area contributed by atoms with Crippen molar-refractivity contribution < 1.29 is 0 Å². The van der Waals surface area contributed by atoms with Crippen LogP contribution in [0.2, 0.25) is 0 Å². The Balaban J connectivity index is 2.84. The van der Waals surface area contributed by atoms with Gasteiger partial charge in [-0.2, -0.15) is 0 Å². The van der Waals surface area contributed by atoms with Gasteiger partial charge in [-0.15, -0.1) is 0 Å². The molecule has 1 aromatic carbocycles. The van der Waals surface area contributed by atoms with E-state index in [1.807, 2.05) is 0 Å². The monoisotopic (exact) mass is 297 g/mol. The maximum Gasteiger partial charge on any atom is 0.0393 e. The van der Waals surface area contributed by atoms with Crippen LogP contribution in [0.4, 0.5) is 5.69 Å². The van der Waals surface area contributed by atoms with E-state index in [2.05, 4.69) is 72.9 Å². The van der Waals surface area contributed by atoms with Gasteiger partial charge in [-0.05, 0) is 36.8 Å². The van der Waals surface area contributed by atoms with Gasteiger partial charge in [0.25, 0.3) is 0 Å². The first-order chi connectivity index (χ1) is 8.08. The Labute approximate surface area is 114 Å². The number of halogens is 1. The first-order valence-corrected chi connectivity index (χ1v) is 7.53. The topological polar surface area (TPSA) is 3.24 Å². The van der Waals surface area contributed by atoms with Gasteiger partial charge >= 0.3 is 0 Å². The minimum absolute atomic E-state index is 0.386. The average Bonchev–Trinajstić information content (AvgIpc) is 2.36. The Morgan fingerprint density at radius 2 is 1.76 bits per heavy atom. The lowest BCUT2D eigenvalue weighted by Gasteiger charge is -2.35. The molecule has 0 N–H and O–H groups in total. The number of aryl methyl sites for hydroxylation is 1. The van der Waals surface area contributed by atoms with Gasteiger partial charge in [0.2, 0.25) is 0 Å². The highest BCUT2D eigenvalue weighted by Crippen LogP contribution is 2.31. The third-order valence-electron chi connectivity index (χ3n) is 3.88. The van der Waals surface area contributed by atoms with Crippen LogP contribution in [-0.2, 0) is 0 Å². The summed E-state index contributed by atoms with van der Waals surface area (Å²) in [4.78, 5) is 2.39. The van der Waals surface area contributed by atoms with Crippen LogP contribution in [0.3, 0.4) is 0 Å². The van der Waals surface area contributed by atoms with E-state index in [0.29, 0.717) is 5.41 Å². The average molecular weight is 298 g/mol. The second-order valence-corrected chi connectivity index (χ2v) is 5.54. The van der Waals surface area contributed by atoms with Crippen LogP contribution in [-0.4, -0.2) is 18.9 Å². The number of alkyl halides is 1. The van der Waals surface area contributed by atoms with Crippen molar-refractivity contribution in [1.29, 1.82) is 0 Å². The van der Waals surface area contributed by atoms with Crippen molar-refractivity contribution in [2.24, 2.45) is 5.41 Å². The summed E-state index contributed by atoms with van der Waals surface area (Å²) in [6.07, 6.45) is 2.43. The zero-order valence-corrected chi connectivity index (χ0v) is 13.0. The molecule has 0 aliphatic heterocycles. The molecule has 0 heterocycles. The van der Waals surface area contributed by atoms with E-state index >= 15 is 0 Å². The maximum atomic E-state index is 3.69. The Morgan fingerprint density at radius 1 is 1.18 bits per heavy atom. The molecule has 1 nitrogen and oxygen atoms in total. The molecule has 0 fully saturated rings. The normalized spacial score (nSPS) is 11.6. The van der Waals surface area contributed by atoms with Crippen LogP contribution < -0.4 is 4.90 Å². The van der Waals surface area contributed by atoms with E-state index in [0.717, 1.165) is 11.9 Å². The van der Waals surface area contributed by atoms with Crippen molar-refractivity contribution >= 4 is 21.6 Å². The van der Waals surface area contributed by atoms with Crippen LogP contribution in [0.5, 0.6) is 0 Å². The number of anilines is 1. The van der Waals surface area contributed by atoms with Crippen molar-refractivity contribution in [2.45, 2.75) is 33.6 Å². The number of benzene rings is 1. The number of rotatable bonds is 6. The standard InChI is InChI=1S/C15H24BrN/c1-5-15(6-2,11-16)12-17(4)14-10-8-7-9-13(14)3/h7-10H,5-6,11-12H2,1-4H3. The van der Waals surface area contributed by atoms with Gasteiger partial charge in [-0.3, -0.25) is 0 Å². The molecule has 2 heteroatoms. The highest BCUT2D eigenvalue weighted by atomic mass is 79.9. The van der Waals surface area contributed by atoms with Crippen molar-refractivity contribution in [3.63, 3.8) is 0 Å². The molecule has 0 unspecified atom stereocenters. The Kier molecular flexibility index (Phi) is 5.51. The summed E-state index contributed by atoms with van der Waals surface area (Å²) in [5, 5.41) is 1.07. The molecule has 96 valence electrons. The molecule has 1 rings (SSSR count). The van der Waals surface area contributed by atoms with Crippen molar-refractivity contribution in [3.05, 3.63) is 29.8 Å². The highest BCUT2D eigenvalue weighted by molar-refractivity contribution is 9.09. The fourth-order valence-corrected chi connectivity index (χ4v) is 3.26. The minimum Gasteiger partial charge on any atom is -0.374 e. The van der Waals surface area contributed by atoms with Gasteiger partial charge in [-0.1, -0.05) is 48.0 Å². The lowest BCUT2D eigenvalue weighted by atomic mass is 9.84. The van der Waals surface area contributed by atoms with Gasteiger partial charge in [0.1, 0.15) is 0 Å². The zero-order valence-electron chi connectivity index (χ0n) is 11.5. The van der Waals surface area contributed by atoms with Crippen molar-refractivity contribution in [1.82, 2.24) is 0 Å². The molecule has 0 saturated heterocycles. The summed E-state index contributed by atoms with van der Waals surface area (Å²) >= 11 is 3.69. The fraction of sp³-hybridized carbons (Fsp3) is 0.600. The molecule has 1 aromatic rings. The largest absolute Gasteiger partial charge is 0.374 e. The molecular weight excluding hydrogens is 274 g/mol. The lowest BCUT2D eigenvalue weighted by Crippen LogP contribution is -2.36. The van der Waals surface area contributed by atoms with Crippen molar-refractivity contribution in [2.75, 3.05) is 23.8 Å². The quantitative estimate of drug-likeness (QED) is 0.692. The SMILES string of the molecule is CCC(CC)(CBr)CN(C)c1ccccc1C. The molecular formula is C15H24BrN. The summed E-state index contributed by atoms with van der Waals surface area (Å²) in [5.74, 6) is 0. The summed E-state index contributed by atoms with van der Waals surface area (Å²) in [6, 6.07) is 8.61. The van der Waals surface area contributed by atoms with E-state index in [1.54, 1.807) is 0 Å². The number of hydrogen-bond donors (Lipinski definition) is 0. The Hall–Kier alpha value is -0.500. The summed E-state index contributed by atoms with van der Waals surface area (Å²) in [7, 11) is 2.20. The first kappa shape index (κ1) is 14.6. The van der Waals surface area contributed by atoms with Crippen LogP contribution in [0.15, 0.2) is 24.3 Å². The Bertz CT molecular complexity index is 336. The van der Waals surface area contributed by atoms with Crippen LogP contribution in [0, 0.1) is 12.3 Å². The van der Waals surface area contributed by atoms with Gasteiger partial charge in [0.05, 0.1) is 0 Å². The van der Waals surface area contributed by atoms with Gasteiger partial charge < -0.3 is 4.90 Å². The van der Waals surface area contributed by atoms with E-state index < -0.39 is 0 Å². The van der Waals surface area contributed by atoms with Gasteiger partial charge in [0.15, 0.2) is 0 Å². The second kappa shape index (κ2) is 6.44. The van der Waals surface area contributed by atoms with Crippen LogP contribution in [0.25, 0.3) is 0 Å². The molecule has 0 atom stereocenters. The highest BCUT2D eigenvalue weighted by Gasteiger charge is 2.26. The third-order valence-corrected chi connectivity index (χ3v) is 5.07. The van der Waals surface area contributed by atoms with E-state index in [1.165, 1.54) is 24.1 Å². The molecule has 0 saturated carbocycles. The van der Waals surface area contributed by atoms with Gasteiger partial charge in [0, 0.05) is 24.6 Å². The smallest absolute Gasteiger partial charge is 0.0393 e. The molecule has 0 amide bonds. The molecule has 17 heavy (non-hydrogen) atoms. The van der Waals surface area contributed by atoms with Crippen LogP contribution in [0.1, 0.15) is 32.3 Å². The van der Waals surface area contributed by atoms with Crippen molar-refractivity contribution in [3.8, 4) is 0 Å². The van der Waals surface area contributed by atoms with Crippen LogP contribution >= 0.6 is 15.9 Å². The fourth-order valence-electron chi connectivity index (χ4n) is 2.28. The predicted octanol–water partition coefficient (Wildman–Crippen LogP) is 4.63. The molecule has 0 aliphatic carbocycles. The zero-order chi connectivity index (χ0) is 12.9. The maximum absolute atomic E-state index is 3.69. The number of nitrogens with zero attached hydrogens (tertiary/aromatic N) is 1. The summed E-state index contributed by atoms with van der Waals surface area (Å²) in [5.41, 5.74) is 3.09. The minimum atomic E-state index is 0.386. The van der Waals surface area contributed by atoms with E-state index in [-0.39, 0.29) is 0 Å². The first-order valence-electron chi connectivity index (χ1n) is 6.41. The number of hydrogen-bond acceptors (Lipinski definition) is 1. The predicted molar refractivity (Wildman–Crippen MR) is 81.3 cm³/mol. The Morgan fingerprint density at radius 3 is 2.24 bits per heavy atom. The van der Waals surface area contributed by atoms with Gasteiger partial charge in [-0.25, -0.2) is 0 Å². The second-order valence-electron chi connectivity index (χ2n) is 4.98.